The lowest BCUT2D eigenvalue weighted by Crippen LogP contribution is -2.25. The van der Waals surface area contributed by atoms with Gasteiger partial charge in [0.25, 0.3) is 0 Å². The summed E-state index contributed by atoms with van der Waals surface area (Å²) in [5, 5.41) is 8.78. The monoisotopic (exact) mass is 248 g/mol. The molecule has 3 nitrogen and oxygen atoms in total. The van der Waals surface area contributed by atoms with Crippen LogP contribution in [0.3, 0.4) is 0 Å². The lowest BCUT2D eigenvalue weighted by Gasteiger charge is -2.19. The number of alkyl halides is 1. The first-order valence-corrected chi connectivity index (χ1v) is 6.11. The number of nitriles is 1. The van der Waals surface area contributed by atoms with E-state index in [1.165, 1.54) is 0 Å². The van der Waals surface area contributed by atoms with E-state index in [1.54, 1.807) is 4.90 Å². The molecule has 4 heteroatoms. The lowest BCUT2D eigenvalue weighted by molar-refractivity contribution is -0.117. The molecule has 1 amide bonds. The van der Waals surface area contributed by atoms with E-state index >= 15 is 0 Å². The van der Waals surface area contributed by atoms with E-state index in [4.69, 9.17) is 16.9 Å². The summed E-state index contributed by atoms with van der Waals surface area (Å²) in [6.45, 7) is 0.658. The minimum atomic E-state index is 0.0982. The summed E-state index contributed by atoms with van der Waals surface area (Å²) in [7, 11) is 0. The molecule has 0 radical (unpaired) electrons. The number of hydrogen-bond donors (Lipinski definition) is 0. The van der Waals surface area contributed by atoms with E-state index in [-0.39, 0.29) is 11.8 Å². The standard InChI is InChI=1S/C13H13ClN2O/c14-8-10-7-13(17)16(9-10)12-4-2-1-3-11(12)5-6-15/h1-4,10H,5,7-9H2. The van der Waals surface area contributed by atoms with Crippen LogP contribution in [-0.4, -0.2) is 18.3 Å². The van der Waals surface area contributed by atoms with Gasteiger partial charge in [0, 0.05) is 24.5 Å². The minimum Gasteiger partial charge on any atom is -0.312 e. The third kappa shape index (κ3) is 2.42. The van der Waals surface area contributed by atoms with Gasteiger partial charge in [0.2, 0.25) is 5.91 Å². The molecule has 1 atom stereocenters. The van der Waals surface area contributed by atoms with Crippen molar-refractivity contribution in [2.45, 2.75) is 12.8 Å². The fourth-order valence-electron chi connectivity index (χ4n) is 2.13. The van der Waals surface area contributed by atoms with Gasteiger partial charge < -0.3 is 4.90 Å². The van der Waals surface area contributed by atoms with Crippen LogP contribution >= 0.6 is 11.6 Å². The fraction of sp³-hybridized carbons (Fsp3) is 0.385. The SMILES string of the molecule is N#CCc1ccccc1N1CC(CCl)CC1=O. The molecule has 0 spiro atoms. The normalized spacial score (nSPS) is 19.4. The zero-order chi connectivity index (χ0) is 12.3. The summed E-state index contributed by atoms with van der Waals surface area (Å²) in [4.78, 5) is 13.6. The number of nitrogens with zero attached hydrogens (tertiary/aromatic N) is 2. The highest BCUT2D eigenvalue weighted by Crippen LogP contribution is 2.28. The van der Waals surface area contributed by atoms with Crippen LogP contribution in [0.25, 0.3) is 0 Å². The Morgan fingerprint density at radius 1 is 1.47 bits per heavy atom. The molecule has 2 rings (SSSR count). The number of rotatable bonds is 3. The Hall–Kier alpha value is -1.53. The van der Waals surface area contributed by atoms with Crippen molar-refractivity contribution in [3.05, 3.63) is 29.8 Å². The van der Waals surface area contributed by atoms with Crippen molar-refractivity contribution in [3.8, 4) is 6.07 Å². The molecular formula is C13H13ClN2O. The molecule has 0 aromatic heterocycles. The highest BCUT2D eigenvalue weighted by atomic mass is 35.5. The predicted molar refractivity (Wildman–Crippen MR) is 66.9 cm³/mol. The number of carbonyl (C=O) groups is 1. The second-order valence-corrected chi connectivity index (χ2v) is 4.50. The van der Waals surface area contributed by atoms with Crippen LogP contribution in [0.2, 0.25) is 0 Å². The molecule has 1 unspecified atom stereocenters. The number of halogens is 1. The van der Waals surface area contributed by atoms with Crippen molar-refractivity contribution < 1.29 is 4.79 Å². The van der Waals surface area contributed by atoms with Gasteiger partial charge >= 0.3 is 0 Å². The highest BCUT2D eigenvalue weighted by molar-refractivity contribution is 6.18. The molecule has 1 aromatic carbocycles. The maximum Gasteiger partial charge on any atom is 0.227 e. The van der Waals surface area contributed by atoms with Crippen molar-refractivity contribution in [3.63, 3.8) is 0 Å². The van der Waals surface area contributed by atoms with Crippen molar-refractivity contribution in [2.24, 2.45) is 5.92 Å². The van der Waals surface area contributed by atoms with Gasteiger partial charge in [-0.25, -0.2) is 0 Å². The topological polar surface area (TPSA) is 44.1 Å². The second kappa shape index (κ2) is 5.20. The number of para-hydroxylation sites is 1. The van der Waals surface area contributed by atoms with Crippen LogP contribution in [-0.2, 0) is 11.2 Å². The molecule has 1 heterocycles. The molecular weight excluding hydrogens is 236 g/mol. The summed E-state index contributed by atoms with van der Waals surface area (Å²) in [6, 6.07) is 9.67. The van der Waals surface area contributed by atoms with Crippen molar-refractivity contribution in [2.75, 3.05) is 17.3 Å². The molecule has 1 fully saturated rings. The van der Waals surface area contributed by atoms with Crippen molar-refractivity contribution >= 4 is 23.2 Å². The Morgan fingerprint density at radius 3 is 2.88 bits per heavy atom. The van der Waals surface area contributed by atoms with Crippen LogP contribution in [0, 0.1) is 17.2 Å². The summed E-state index contributed by atoms with van der Waals surface area (Å²) in [6.07, 6.45) is 0.829. The Balaban J connectivity index is 2.28. The average molecular weight is 249 g/mol. The van der Waals surface area contributed by atoms with Gasteiger partial charge in [-0.2, -0.15) is 5.26 Å². The summed E-state index contributed by atoms with van der Waals surface area (Å²) in [5.41, 5.74) is 1.75. The van der Waals surface area contributed by atoms with E-state index in [9.17, 15) is 4.79 Å². The van der Waals surface area contributed by atoms with Gasteiger partial charge in [-0.1, -0.05) is 18.2 Å². The van der Waals surface area contributed by atoms with Gasteiger partial charge in [-0.3, -0.25) is 4.79 Å². The van der Waals surface area contributed by atoms with E-state index in [2.05, 4.69) is 6.07 Å². The number of hydrogen-bond acceptors (Lipinski definition) is 2. The van der Waals surface area contributed by atoms with Crippen LogP contribution in [0.5, 0.6) is 0 Å². The first-order valence-electron chi connectivity index (χ1n) is 5.57. The third-order valence-corrected chi connectivity index (χ3v) is 3.41. The quantitative estimate of drug-likeness (QED) is 0.771. The minimum absolute atomic E-state index is 0.0982. The Bertz CT molecular complexity index is 467. The molecule has 0 bridgehead atoms. The first kappa shape index (κ1) is 11.9. The first-order chi connectivity index (χ1) is 8.26. The smallest absolute Gasteiger partial charge is 0.227 e. The van der Waals surface area contributed by atoms with Crippen LogP contribution in [0.15, 0.2) is 24.3 Å². The maximum absolute atomic E-state index is 11.9. The van der Waals surface area contributed by atoms with Crippen molar-refractivity contribution in [1.82, 2.24) is 0 Å². The molecule has 88 valence electrons. The Labute approximate surface area is 106 Å². The largest absolute Gasteiger partial charge is 0.312 e. The van der Waals surface area contributed by atoms with Crippen LogP contribution < -0.4 is 4.90 Å². The number of amides is 1. The van der Waals surface area contributed by atoms with Gasteiger partial charge in [-0.05, 0) is 17.5 Å². The van der Waals surface area contributed by atoms with E-state index in [0.717, 1.165) is 11.3 Å². The van der Waals surface area contributed by atoms with Crippen LogP contribution in [0.4, 0.5) is 5.69 Å². The lowest BCUT2D eigenvalue weighted by atomic mass is 10.1. The number of anilines is 1. The van der Waals surface area contributed by atoms with Gasteiger partial charge in [0.1, 0.15) is 0 Å². The number of carbonyl (C=O) groups excluding carboxylic acids is 1. The second-order valence-electron chi connectivity index (χ2n) is 4.19. The molecule has 1 saturated heterocycles. The molecule has 1 aliphatic heterocycles. The Morgan fingerprint density at radius 2 is 2.24 bits per heavy atom. The highest BCUT2D eigenvalue weighted by Gasteiger charge is 2.30. The molecule has 0 N–H and O–H groups in total. The summed E-state index contributed by atoms with van der Waals surface area (Å²) >= 11 is 5.80. The molecule has 1 aromatic rings. The summed E-state index contributed by atoms with van der Waals surface area (Å²) < 4.78 is 0. The zero-order valence-electron chi connectivity index (χ0n) is 9.40. The van der Waals surface area contributed by atoms with Gasteiger partial charge in [0.15, 0.2) is 0 Å². The predicted octanol–water partition coefficient (Wildman–Crippen LogP) is 2.34. The van der Waals surface area contributed by atoms with E-state index in [1.807, 2.05) is 24.3 Å². The fourth-order valence-corrected chi connectivity index (χ4v) is 2.33. The zero-order valence-corrected chi connectivity index (χ0v) is 10.2. The summed E-state index contributed by atoms with van der Waals surface area (Å²) in [5.74, 6) is 0.822. The average Bonchev–Trinajstić information content (AvgIpc) is 2.72. The molecule has 1 aliphatic rings. The number of benzene rings is 1. The Kier molecular flexibility index (Phi) is 3.65. The van der Waals surface area contributed by atoms with Crippen LogP contribution in [0.1, 0.15) is 12.0 Å². The third-order valence-electron chi connectivity index (χ3n) is 2.98. The van der Waals surface area contributed by atoms with E-state index < -0.39 is 0 Å². The molecule has 0 aliphatic carbocycles. The molecule has 17 heavy (non-hydrogen) atoms. The van der Waals surface area contributed by atoms with E-state index in [0.29, 0.717) is 25.3 Å². The maximum atomic E-state index is 11.9. The van der Waals surface area contributed by atoms with Crippen molar-refractivity contribution in [1.29, 1.82) is 5.26 Å². The molecule has 0 saturated carbocycles. The van der Waals surface area contributed by atoms with Gasteiger partial charge in [-0.15, -0.1) is 11.6 Å². The van der Waals surface area contributed by atoms with Gasteiger partial charge in [0.05, 0.1) is 12.5 Å².